The van der Waals surface area contributed by atoms with E-state index in [9.17, 15) is 19.2 Å². The van der Waals surface area contributed by atoms with Crippen LogP contribution in [-0.4, -0.2) is 41.5 Å². The highest BCUT2D eigenvalue weighted by Crippen LogP contribution is 2.09. The van der Waals surface area contributed by atoms with Crippen LogP contribution in [0, 0.1) is 0 Å². The maximum absolute atomic E-state index is 11.7. The molecule has 3 N–H and O–H groups in total. The van der Waals surface area contributed by atoms with E-state index in [4.69, 9.17) is 4.74 Å². The topological polar surface area (TPSA) is 114 Å². The molecule has 1 rings (SSSR count). The van der Waals surface area contributed by atoms with Crippen LogP contribution in [0.15, 0.2) is 0 Å². The molecular formula is C13H21N3O5. The van der Waals surface area contributed by atoms with E-state index in [1.54, 1.807) is 20.8 Å². The predicted molar refractivity (Wildman–Crippen MR) is 73.1 cm³/mol. The fraction of sp³-hybridized carbons (Fsp3) is 0.692. The molecule has 0 spiro atoms. The first-order chi connectivity index (χ1) is 9.58. The number of ether oxygens (including phenoxy) is 1. The molecule has 118 valence electrons. The highest BCUT2D eigenvalue weighted by Gasteiger charge is 2.31. The van der Waals surface area contributed by atoms with Gasteiger partial charge in [0.15, 0.2) is 6.10 Å². The number of hydrogen-bond acceptors (Lipinski definition) is 5. The van der Waals surface area contributed by atoms with Gasteiger partial charge < -0.3 is 15.4 Å². The summed E-state index contributed by atoms with van der Waals surface area (Å²) in [7, 11) is 0. The van der Waals surface area contributed by atoms with Crippen molar-refractivity contribution in [1.82, 2.24) is 16.0 Å². The Balaban J connectivity index is 2.42. The summed E-state index contributed by atoms with van der Waals surface area (Å²) < 4.78 is 4.93. The van der Waals surface area contributed by atoms with Gasteiger partial charge in [0.25, 0.3) is 5.91 Å². The van der Waals surface area contributed by atoms with Crippen LogP contribution in [0.1, 0.15) is 40.5 Å². The lowest BCUT2D eigenvalue weighted by molar-refractivity contribution is -0.156. The van der Waals surface area contributed by atoms with Gasteiger partial charge in [-0.2, -0.15) is 0 Å². The van der Waals surface area contributed by atoms with Gasteiger partial charge in [-0.3, -0.25) is 14.9 Å². The molecule has 0 bridgehead atoms. The van der Waals surface area contributed by atoms with Crippen LogP contribution < -0.4 is 16.0 Å². The van der Waals surface area contributed by atoms with Crippen LogP contribution in [0.3, 0.4) is 0 Å². The second-order valence-corrected chi connectivity index (χ2v) is 5.93. The Bertz CT molecular complexity index is 455. The van der Waals surface area contributed by atoms with Gasteiger partial charge in [-0.15, -0.1) is 0 Å². The SMILES string of the molecule is C[C@H](OC(=O)[C@@H]1CCC(=O)N1)C(=O)NC(=O)NC(C)(C)C. The summed E-state index contributed by atoms with van der Waals surface area (Å²) >= 11 is 0. The minimum atomic E-state index is -1.12. The van der Waals surface area contributed by atoms with Crippen molar-refractivity contribution in [3.63, 3.8) is 0 Å². The lowest BCUT2D eigenvalue weighted by atomic mass is 10.1. The summed E-state index contributed by atoms with van der Waals surface area (Å²) in [4.78, 5) is 45.9. The first-order valence-electron chi connectivity index (χ1n) is 6.71. The molecule has 21 heavy (non-hydrogen) atoms. The van der Waals surface area contributed by atoms with Crippen molar-refractivity contribution in [2.24, 2.45) is 0 Å². The monoisotopic (exact) mass is 299 g/mol. The summed E-state index contributed by atoms with van der Waals surface area (Å²) in [5.41, 5.74) is -0.488. The van der Waals surface area contributed by atoms with Crippen molar-refractivity contribution < 1.29 is 23.9 Å². The molecule has 2 atom stereocenters. The molecule has 0 aromatic heterocycles. The molecule has 1 saturated heterocycles. The largest absolute Gasteiger partial charge is 0.451 e. The Morgan fingerprint density at radius 1 is 1.33 bits per heavy atom. The van der Waals surface area contributed by atoms with Crippen LogP contribution in [0.5, 0.6) is 0 Å². The van der Waals surface area contributed by atoms with E-state index in [1.807, 2.05) is 0 Å². The van der Waals surface area contributed by atoms with Crippen molar-refractivity contribution in [2.75, 3.05) is 0 Å². The number of carbonyl (C=O) groups excluding carboxylic acids is 4. The molecule has 1 fully saturated rings. The van der Waals surface area contributed by atoms with Crippen LogP contribution in [-0.2, 0) is 19.1 Å². The molecule has 0 unspecified atom stereocenters. The van der Waals surface area contributed by atoms with Crippen LogP contribution >= 0.6 is 0 Å². The summed E-state index contributed by atoms with van der Waals surface area (Å²) in [6.45, 7) is 6.66. The van der Waals surface area contributed by atoms with Crippen molar-refractivity contribution in [2.45, 2.75) is 58.2 Å². The Morgan fingerprint density at radius 3 is 2.43 bits per heavy atom. The van der Waals surface area contributed by atoms with E-state index in [-0.39, 0.29) is 12.3 Å². The van der Waals surface area contributed by atoms with Crippen molar-refractivity contribution in [1.29, 1.82) is 0 Å². The number of esters is 1. The number of nitrogens with one attached hydrogen (secondary N) is 3. The third-order valence-electron chi connectivity index (χ3n) is 2.67. The molecule has 0 saturated carbocycles. The quantitative estimate of drug-likeness (QED) is 0.626. The molecule has 0 aliphatic carbocycles. The Kier molecular flexibility index (Phi) is 5.28. The number of hydrogen-bond donors (Lipinski definition) is 3. The Morgan fingerprint density at radius 2 is 1.95 bits per heavy atom. The molecule has 0 radical (unpaired) electrons. The normalized spacial score (nSPS) is 19.4. The van der Waals surface area contributed by atoms with Crippen LogP contribution in [0.4, 0.5) is 4.79 Å². The maximum atomic E-state index is 11.7. The molecule has 0 aromatic carbocycles. The molecule has 1 aliphatic rings. The molecule has 8 nitrogen and oxygen atoms in total. The maximum Gasteiger partial charge on any atom is 0.329 e. The van der Waals surface area contributed by atoms with Crippen molar-refractivity contribution in [3.8, 4) is 0 Å². The minimum Gasteiger partial charge on any atom is -0.451 e. The van der Waals surface area contributed by atoms with Gasteiger partial charge in [0, 0.05) is 12.0 Å². The van der Waals surface area contributed by atoms with E-state index in [2.05, 4.69) is 16.0 Å². The van der Waals surface area contributed by atoms with Crippen LogP contribution in [0.2, 0.25) is 0 Å². The van der Waals surface area contributed by atoms with Gasteiger partial charge in [-0.05, 0) is 34.1 Å². The van der Waals surface area contributed by atoms with Crippen molar-refractivity contribution >= 4 is 23.8 Å². The first-order valence-corrected chi connectivity index (χ1v) is 6.71. The summed E-state index contributed by atoms with van der Waals surface area (Å²) in [5.74, 6) is -1.63. The standard InChI is InChI=1S/C13H21N3O5/c1-7(10(18)15-12(20)16-13(2,3)4)21-11(19)8-5-6-9(17)14-8/h7-8H,5-6H2,1-4H3,(H,14,17)(H2,15,16,18,20)/t7-,8-/m0/s1. The fourth-order valence-corrected chi connectivity index (χ4v) is 1.69. The molecule has 1 aliphatic heterocycles. The zero-order valence-electron chi connectivity index (χ0n) is 12.6. The number of rotatable bonds is 3. The average Bonchev–Trinajstić information content (AvgIpc) is 2.73. The van der Waals surface area contributed by atoms with Gasteiger partial charge in [-0.1, -0.05) is 0 Å². The Labute approximate surface area is 123 Å². The zero-order valence-corrected chi connectivity index (χ0v) is 12.6. The van der Waals surface area contributed by atoms with Gasteiger partial charge in [-0.25, -0.2) is 9.59 Å². The number of carbonyl (C=O) groups is 4. The fourth-order valence-electron chi connectivity index (χ4n) is 1.69. The number of imide groups is 1. The van der Waals surface area contributed by atoms with Gasteiger partial charge in [0.1, 0.15) is 6.04 Å². The molecular weight excluding hydrogens is 278 g/mol. The van der Waals surface area contributed by atoms with Gasteiger partial charge >= 0.3 is 12.0 Å². The third kappa shape index (κ3) is 5.80. The highest BCUT2D eigenvalue weighted by atomic mass is 16.5. The Hall–Kier alpha value is -2.12. The summed E-state index contributed by atoms with van der Waals surface area (Å²) in [6, 6.07) is -1.39. The molecule has 4 amide bonds. The van der Waals surface area contributed by atoms with Crippen LogP contribution in [0.25, 0.3) is 0 Å². The van der Waals surface area contributed by atoms with Gasteiger partial charge in [0.2, 0.25) is 5.91 Å². The number of amides is 4. The highest BCUT2D eigenvalue weighted by molar-refractivity contribution is 5.97. The summed E-state index contributed by atoms with van der Waals surface area (Å²) in [6.07, 6.45) is -0.522. The average molecular weight is 299 g/mol. The molecule has 8 heteroatoms. The van der Waals surface area contributed by atoms with E-state index in [0.29, 0.717) is 6.42 Å². The molecule has 1 heterocycles. The third-order valence-corrected chi connectivity index (χ3v) is 2.67. The van der Waals surface area contributed by atoms with E-state index in [1.165, 1.54) is 6.92 Å². The smallest absolute Gasteiger partial charge is 0.329 e. The zero-order chi connectivity index (χ0) is 16.2. The first kappa shape index (κ1) is 16.9. The predicted octanol–water partition coefficient (Wildman–Crippen LogP) is -0.179. The van der Waals surface area contributed by atoms with E-state index in [0.717, 1.165) is 0 Å². The summed E-state index contributed by atoms with van der Waals surface area (Å²) in [5, 5.41) is 7.08. The van der Waals surface area contributed by atoms with Gasteiger partial charge in [0.05, 0.1) is 0 Å². The van der Waals surface area contributed by atoms with E-state index >= 15 is 0 Å². The second kappa shape index (κ2) is 6.55. The second-order valence-electron chi connectivity index (χ2n) is 5.93. The molecule has 0 aromatic rings. The number of urea groups is 1. The minimum absolute atomic E-state index is 0.224. The lowest BCUT2D eigenvalue weighted by Crippen LogP contribution is -2.51. The van der Waals surface area contributed by atoms with E-state index < -0.39 is 35.6 Å². The van der Waals surface area contributed by atoms with Crippen molar-refractivity contribution in [3.05, 3.63) is 0 Å². The lowest BCUT2D eigenvalue weighted by Gasteiger charge is -2.21.